The molecule has 0 unspecified atom stereocenters. The molecule has 1 heterocycles. The van der Waals surface area contributed by atoms with Crippen molar-refractivity contribution in [3.8, 4) is 0 Å². The third-order valence-electron chi connectivity index (χ3n) is 1.53. The van der Waals surface area contributed by atoms with Gasteiger partial charge in [0.2, 0.25) is 5.28 Å². The molecule has 0 radical (unpaired) electrons. The maximum Gasteiger partial charge on any atom is 0.224 e. The molecule has 0 saturated heterocycles. The van der Waals surface area contributed by atoms with Gasteiger partial charge in [0.05, 0.1) is 5.52 Å². The highest BCUT2D eigenvalue weighted by Gasteiger charge is 2.01. The zero-order valence-electron chi connectivity index (χ0n) is 6.37. The molecule has 1 aromatic carbocycles. The first-order chi connectivity index (χ1) is 5.77. The van der Waals surface area contributed by atoms with Crippen LogP contribution in [0, 0.1) is 0 Å². The molecule has 0 aliphatic heterocycles. The molecule has 2 rings (SSSR count). The molecule has 1 aromatic heterocycles. The number of rotatable bonds is 0. The SMILES string of the molecule is Cl.Clc1nc(Cl)c2ccccc2n1. The number of hydrogen-bond donors (Lipinski definition) is 0. The van der Waals surface area contributed by atoms with Gasteiger partial charge in [0.25, 0.3) is 0 Å². The van der Waals surface area contributed by atoms with Gasteiger partial charge in [-0.3, -0.25) is 0 Å². The van der Waals surface area contributed by atoms with E-state index in [0.29, 0.717) is 5.15 Å². The summed E-state index contributed by atoms with van der Waals surface area (Å²) >= 11 is 11.4. The quantitative estimate of drug-likeness (QED) is 0.517. The van der Waals surface area contributed by atoms with Crippen molar-refractivity contribution in [1.82, 2.24) is 9.97 Å². The summed E-state index contributed by atoms with van der Waals surface area (Å²) in [5, 5.41) is 1.40. The molecule has 0 aliphatic rings. The molecular formula is C8H5Cl3N2. The number of aromatic nitrogens is 2. The molecular weight excluding hydrogens is 230 g/mol. The Morgan fingerprint density at radius 1 is 1.00 bits per heavy atom. The molecule has 0 N–H and O–H groups in total. The lowest BCUT2D eigenvalue weighted by Crippen LogP contribution is -1.85. The van der Waals surface area contributed by atoms with E-state index in [0.717, 1.165) is 10.9 Å². The largest absolute Gasteiger partial charge is 0.224 e. The summed E-state index contributed by atoms with van der Waals surface area (Å²) in [6, 6.07) is 7.45. The Kier molecular flexibility index (Phi) is 3.31. The monoisotopic (exact) mass is 234 g/mol. The predicted octanol–water partition coefficient (Wildman–Crippen LogP) is 3.36. The van der Waals surface area contributed by atoms with E-state index in [4.69, 9.17) is 23.2 Å². The summed E-state index contributed by atoms with van der Waals surface area (Å²) in [5.74, 6) is 0. The fraction of sp³-hybridized carbons (Fsp3) is 0. The average Bonchev–Trinajstić information content (AvgIpc) is 2.04. The van der Waals surface area contributed by atoms with Gasteiger partial charge >= 0.3 is 0 Å². The average molecular weight is 236 g/mol. The Labute approximate surface area is 91.3 Å². The van der Waals surface area contributed by atoms with Crippen LogP contribution in [0.1, 0.15) is 0 Å². The van der Waals surface area contributed by atoms with E-state index in [1.807, 2.05) is 24.3 Å². The van der Waals surface area contributed by atoms with Gasteiger partial charge in [-0.15, -0.1) is 12.4 Å². The van der Waals surface area contributed by atoms with Crippen molar-refractivity contribution in [2.24, 2.45) is 0 Å². The fourth-order valence-corrected chi connectivity index (χ4v) is 1.47. The van der Waals surface area contributed by atoms with Gasteiger partial charge in [-0.1, -0.05) is 23.7 Å². The zero-order chi connectivity index (χ0) is 8.55. The molecule has 0 aliphatic carbocycles. The van der Waals surface area contributed by atoms with E-state index in [-0.39, 0.29) is 17.7 Å². The number of benzene rings is 1. The highest BCUT2D eigenvalue weighted by Crippen LogP contribution is 2.20. The number of fused-ring (bicyclic) bond motifs is 1. The van der Waals surface area contributed by atoms with Gasteiger partial charge in [0, 0.05) is 5.39 Å². The highest BCUT2D eigenvalue weighted by molar-refractivity contribution is 6.35. The van der Waals surface area contributed by atoms with Crippen molar-refractivity contribution in [2.75, 3.05) is 0 Å². The van der Waals surface area contributed by atoms with Crippen LogP contribution in [0.2, 0.25) is 10.4 Å². The fourth-order valence-electron chi connectivity index (χ4n) is 1.01. The molecule has 68 valence electrons. The minimum absolute atomic E-state index is 0. The van der Waals surface area contributed by atoms with E-state index < -0.39 is 0 Å². The van der Waals surface area contributed by atoms with E-state index in [9.17, 15) is 0 Å². The summed E-state index contributed by atoms with van der Waals surface area (Å²) in [6.07, 6.45) is 0. The third kappa shape index (κ3) is 2.02. The van der Waals surface area contributed by atoms with E-state index in [1.54, 1.807) is 0 Å². The van der Waals surface area contributed by atoms with Crippen molar-refractivity contribution >= 4 is 46.5 Å². The van der Waals surface area contributed by atoms with Crippen LogP contribution in [-0.4, -0.2) is 9.97 Å². The summed E-state index contributed by atoms with van der Waals surface area (Å²) in [4.78, 5) is 7.83. The Morgan fingerprint density at radius 3 is 2.46 bits per heavy atom. The van der Waals surface area contributed by atoms with Crippen molar-refractivity contribution < 1.29 is 0 Å². The first-order valence-corrected chi connectivity index (χ1v) is 4.11. The topological polar surface area (TPSA) is 25.8 Å². The molecule has 0 atom stereocenters. The Bertz CT molecular complexity index is 431. The van der Waals surface area contributed by atoms with Crippen molar-refractivity contribution in [1.29, 1.82) is 0 Å². The standard InChI is InChI=1S/C8H4Cl2N2.ClH/c9-7-5-3-1-2-4-6(5)11-8(10)12-7;/h1-4H;1H. The maximum atomic E-state index is 5.83. The van der Waals surface area contributed by atoms with E-state index in [2.05, 4.69) is 9.97 Å². The molecule has 2 nitrogen and oxygen atoms in total. The van der Waals surface area contributed by atoms with Crippen LogP contribution in [0.15, 0.2) is 24.3 Å². The van der Waals surface area contributed by atoms with Crippen LogP contribution in [-0.2, 0) is 0 Å². The second-order valence-electron chi connectivity index (χ2n) is 2.30. The molecule has 13 heavy (non-hydrogen) atoms. The van der Waals surface area contributed by atoms with Crippen LogP contribution < -0.4 is 0 Å². The van der Waals surface area contributed by atoms with Gasteiger partial charge in [-0.25, -0.2) is 9.97 Å². The summed E-state index contributed by atoms with van der Waals surface area (Å²) < 4.78 is 0. The molecule has 0 fully saturated rings. The van der Waals surface area contributed by atoms with Crippen molar-refractivity contribution in [3.05, 3.63) is 34.7 Å². The molecule has 0 spiro atoms. The number of nitrogens with zero attached hydrogens (tertiary/aromatic N) is 2. The number of para-hydroxylation sites is 1. The molecule has 0 bridgehead atoms. The Morgan fingerprint density at radius 2 is 1.69 bits per heavy atom. The summed E-state index contributed by atoms with van der Waals surface area (Å²) in [5.41, 5.74) is 0.766. The van der Waals surface area contributed by atoms with Crippen LogP contribution >= 0.6 is 35.6 Å². The smallest absolute Gasteiger partial charge is 0.218 e. The minimum Gasteiger partial charge on any atom is -0.218 e. The van der Waals surface area contributed by atoms with Gasteiger partial charge < -0.3 is 0 Å². The second-order valence-corrected chi connectivity index (χ2v) is 3.00. The molecule has 2 aromatic rings. The maximum absolute atomic E-state index is 5.83. The number of hydrogen-bond acceptors (Lipinski definition) is 2. The first kappa shape index (κ1) is 10.5. The van der Waals surface area contributed by atoms with Crippen molar-refractivity contribution in [3.63, 3.8) is 0 Å². The van der Waals surface area contributed by atoms with Crippen LogP contribution in [0.25, 0.3) is 10.9 Å². The summed E-state index contributed by atoms with van der Waals surface area (Å²) in [7, 11) is 0. The van der Waals surface area contributed by atoms with Crippen LogP contribution in [0.3, 0.4) is 0 Å². The Balaban J connectivity index is 0.000000845. The lowest BCUT2D eigenvalue weighted by molar-refractivity contribution is 1.22. The van der Waals surface area contributed by atoms with Gasteiger partial charge in [0.1, 0.15) is 5.15 Å². The van der Waals surface area contributed by atoms with Gasteiger partial charge in [-0.2, -0.15) is 0 Å². The first-order valence-electron chi connectivity index (χ1n) is 3.35. The van der Waals surface area contributed by atoms with Gasteiger partial charge in [-0.05, 0) is 23.7 Å². The van der Waals surface area contributed by atoms with Crippen molar-refractivity contribution in [2.45, 2.75) is 0 Å². The predicted molar refractivity (Wildman–Crippen MR) is 56.8 cm³/mol. The van der Waals surface area contributed by atoms with Crippen LogP contribution in [0.5, 0.6) is 0 Å². The minimum atomic E-state index is 0. The normalized spacial score (nSPS) is 9.69. The number of halogens is 3. The Hall–Kier alpha value is -0.570. The van der Waals surface area contributed by atoms with Crippen LogP contribution in [0.4, 0.5) is 0 Å². The third-order valence-corrected chi connectivity index (χ3v) is 1.99. The molecule has 0 saturated carbocycles. The lowest BCUT2D eigenvalue weighted by atomic mass is 10.2. The van der Waals surface area contributed by atoms with Gasteiger partial charge in [0.15, 0.2) is 0 Å². The zero-order valence-corrected chi connectivity index (χ0v) is 8.70. The highest BCUT2D eigenvalue weighted by atomic mass is 35.5. The molecule has 5 heteroatoms. The van der Waals surface area contributed by atoms with E-state index in [1.165, 1.54) is 0 Å². The second kappa shape index (κ2) is 4.09. The molecule has 0 amide bonds. The van der Waals surface area contributed by atoms with E-state index >= 15 is 0 Å². The summed E-state index contributed by atoms with van der Waals surface area (Å²) in [6.45, 7) is 0. The lowest BCUT2D eigenvalue weighted by Gasteiger charge is -1.97.